The number of hydrogen-bond donors (Lipinski definition) is 0. The third-order valence-corrected chi connectivity index (χ3v) is 3.07. The van der Waals surface area contributed by atoms with Gasteiger partial charge in [-0.25, -0.2) is 0 Å². The average Bonchev–Trinajstić information content (AvgIpc) is 2.56. The van der Waals surface area contributed by atoms with E-state index in [1.54, 1.807) is 11.3 Å². The molecule has 1 aromatic heterocycles. The first-order valence-corrected chi connectivity index (χ1v) is 5.06. The minimum Gasteiger partial charge on any atom is -0.372 e. The van der Waals surface area contributed by atoms with E-state index >= 15 is 0 Å². The molecule has 0 saturated carbocycles. The molecule has 2 rings (SSSR count). The summed E-state index contributed by atoms with van der Waals surface area (Å²) >= 11 is 1.77. The maximum absolute atomic E-state index is 5.64. The Hall–Kier alpha value is -0.600. The van der Waals surface area contributed by atoms with Crippen molar-refractivity contribution in [1.82, 2.24) is 0 Å². The van der Waals surface area contributed by atoms with Crippen molar-refractivity contribution in [1.29, 1.82) is 0 Å². The highest BCUT2D eigenvalue weighted by Gasteiger charge is 2.18. The fourth-order valence-corrected chi connectivity index (χ4v) is 2.20. The molecule has 2 heterocycles. The molecule has 1 atom stereocenters. The Morgan fingerprint density at radius 1 is 1.58 bits per heavy atom. The van der Waals surface area contributed by atoms with Crippen molar-refractivity contribution in [3.05, 3.63) is 34.5 Å². The fraction of sp³-hybridized carbons (Fsp3) is 0.400. The third-order valence-electron chi connectivity index (χ3n) is 2.11. The van der Waals surface area contributed by atoms with Gasteiger partial charge >= 0.3 is 0 Å². The lowest BCUT2D eigenvalue weighted by atomic mass is 10.0. The standard InChI is InChI=1S/C10H12OS/c1-8-4-5-11-9(7-8)10-3-2-6-12-10/h2-3,6,9H,1,4-5,7H2. The van der Waals surface area contributed by atoms with Gasteiger partial charge in [-0.2, -0.15) is 0 Å². The summed E-state index contributed by atoms with van der Waals surface area (Å²) in [6, 6.07) is 4.20. The molecule has 0 spiro atoms. The summed E-state index contributed by atoms with van der Waals surface area (Å²) in [6.07, 6.45) is 2.31. The molecule has 1 aliphatic heterocycles. The van der Waals surface area contributed by atoms with E-state index < -0.39 is 0 Å². The summed E-state index contributed by atoms with van der Waals surface area (Å²) in [5, 5.41) is 2.09. The van der Waals surface area contributed by atoms with Crippen LogP contribution in [-0.2, 0) is 4.74 Å². The van der Waals surface area contributed by atoms with Gasteiger partial charge < -0.3 is 4.74 Å². The van der Waals surface area contributed by atoms with Crippen LogP contribution in [0.5, 0.6) is 0 Å². The van der Waals surface area contributed by atoms with Crippen LogP contribution in [0, 0.1) is 0 Å². The molecule has 1 aliphatic rings. The topological polar surface area (TPSA) is 9.23 Å². The predicted octanol–water partition coefficient (Wildman–Crippen LogP) is 3.16. The van der Waals surface area contributed by atoms with Gasteiger partial charge in [-0.05, 0) is 24.3 Å². The number of hydrogen-bond acceptors (Lipinski definition) is 2. The number of thiophene rings is 1. The molecule has 1 nitrogen and oxygen atoms in total. The van der Waals surface area contributed by atoms with Crippen LogP contribution in [0.3, 0.4) is 0 Å². The number of rotatable bonds is 1. The van der Waals surface area contributed by atoms with Crippen LogP contribution in [0.15, 0.2) is 29.7 Å². The summed E-state index contributed by atoms with van der Waals surface area (Å²) in [7, 11) is 0. The lowest BCUT2D eigenvalue weighted by Crippen LogP contribution is -2.11. The first-order valence-electron chi connectivity index (χ1n) is 4.18. The van der Waals surface area contributed by atoms with Crippen molar-refractivity contribution in [2.75, 3.05) is 6.61 Å². The van der Waals surface area contributed by atoms with Gasteiger partial charge in [0.15, 0.2) is 0 Å². The highest BCUT2D eigenvalue weighted by Crippen LogP contribution is 2.32. The van der Waals surface area contributed by atoms with Gasteiger partial charge in [0.2, 0.25) is 0 Å². The lowest BCUT2D eigenvalue weighted by Gasteiger charge is -2.23. The maximum Gasteiger partial charge on any atom is 0.0953 e. The molecular formula is C10H12OS. The molecule has 2 heteroatoms. The molecule has 0 N–H and O–H groups in total. The monoisotopic (exact) mass is 180 g/mol. The summed E-state index contributed by atoms with van der Waals surface area (Å²) < 4.78 is 5.64. The molecule has 1 saturated heterocycles. The third kappa shape index (κ3) is 1.59. The van der Waals surface area contributed by atoms with Crippen molar-refractivity contribution in [3.8, 4) is 0 Å². The normalized spacial score (nSPS) is 24.3. The molecule has 0 aliphatic carbocycles. The van der Waals surface area contributed by atoms with Crippen molar-refractivity contribution in [3.63, 3.8) is 0 Å². The Balaban J connectivity index is 2.09. The van der Waals surface area contributed by atoms with Gasteiger partial charge in [-0.1, -0.05) is 18.2 Å². The summed E-state index contributed by atoms with van der Waals surface area (Å²) in [6.45, 7) is 4.83. The van der Waals surface area contributed by atoms with Gasteiger partial charge in [-0.3, -0.25) is 0 Å². The van der Waals surface area contributed by atoms with E-state index in [1.165, 1.54) is 10.5 Å². The van der Waals surface area contributed by atoms with E-state index in [9.17, 15) is 0 Å². The van der Waals surface area contributed by atoms with Crippen LogP contribution in [0.4, 0.5) is 0 Å². The van der Waals surface area contributed by atoms with Crippen molar-refractivity contribution < 1.29 is 4.74 Å². The minimum atomic E-state index is 0.284. The van der Waals surface area contributed by atoms with Crippen LogP contribution < -0.4 is 0 Å². The van der Waals surface area contributed by atoms with E-state index in [1.807, 2.05) is 0 Å². The van der Waals surface area contributed by atoms with Crippen molar-refractivity contribution >= 4 is 11.3 Å². The minimum absolute atomic E-state index is 0.284. The largest absolute Gasteiger partial charge is 0.372 e. The quantitative estimate of drug-likeness (QED) is 0.603. The van der Waals surface area contributed by atoms with Crippen LogP contribution >= 0.6 is 11.3 Å². The Kier molecular flexibility index (Phi) is 2.28. The Morgan fingerprint density at radius 2 is 2.50 bits per heavy atom. The molecular weight excluding hydrogens is 168 g/mol. The molecule has 0 amide bonds. The fourth-order valence-electron chi connectivity index (χ4n) is 1.43. The van der Waals surface area contributed by atoms with E-state index in [-0.39, 0.29) is 6.10 Å². The van der Waals surface area contributed by atoms with Gasteiger partial charge in [0.25, 0.3) is 0 Å². The van der Waals surface area contributed by atoms with Crippen LogP contribution in [0.25, 0.3) is 0 Å². The summed E-state index contributed by atoms with van der Waals surface area (Å²) in [5.74, 6) is 0. The SMILES string of the molecule is C=C1CCOC(c2cccs2)C1. The molecule has 0 radical (unpaired) electrons. The average molecular weight is 180 g/mol. The molecule has 12 heavy (non-hydrogen) atoms. The molecule has 0 bridgehead atoms. The van der Waals surface area contributed by atoms with E-state index in [2.05, 4.69) is 24.1 Å². The zero-order chi connectivity index (χ0) is 8.39. The lowest BCUT2D eigenvalue weighted by molar-refractivity contribution is 0.0376. The Labute approximate surface area is 76.7 Å². The number of ether oxygens (including phenoxy) is 1. The zero-order valence-corrected chi connectivity index (χ0v) is 7.77. The predicted molar refractivity (Wildman–Crippen MR) is 51.4 cm³/mol. The molecule has 64 valence electrons. The van der Waals surface area contributed by atoms with E-state index in [0.29, 0.717) is 0 Å². The van der Waals surface area contributed by atoms with E-state index in [4.69, 9.17) is 4.74 Å². The smallest absolute Gasteiger partial charge is 0.0953 e. The summed E-state index contributed by atoms with van der Waals surface area (Å²) in [5.41, 5.74) is 1.32. The van der Waals surface area contributed by atoms with Gasteiger partial charge in [0.05, 0.1) is 12.7 Å². The van der Waals surface area contributed by atoms with E-state index in [0.717, 1.165) is 19.4 Å². The second kappa shape index (κ2) is 3.42. The first-order chi connectivity index (χ1) is 5.86. The van der Waals surface area contributed by atoms with Crippen molar-refractivity contribution in [2.24, 2.45) is 0 Å². The van der Waals surface area contributed by atoms with Gasteiger partial charge in [0.1, 0.15) is 0 Å². The molecule has 1 fully saturated rings. The Morgan fingerprint density at radius 3 is 3.17 bits per heavy atom. The summed E-state index contributed by atoms with van der Waals surface area (Å²) in [4.78, 5) is 1.33. The second-order valence-corrected chi connectivity index (χ2v) is 4.06. The second-order valence-electron chi connectivity index (χ2n) is 3.08. The highest BCUT2D eigenvalue weighted by atomic mass is 32.1. The van der Waals surface area contributed by atoms with Crippen LogP contribution in [0.2, 0.25) is 0 Å². The maximum atomic E-state index is 5.64. The van der Waals surface area contributed by atoms with Crippen molar-refractivity contribution in [2.45, 2.75) is 18.9 Å². The van der Waals surface area contributed by atoms with Crippen LogP contribution in [-0.4, -0.2) is 6.61 Å². The molecule has 1 unspecified atom stereocenters. The molecule has 0 aromatic carbocycles. The van der Waals surface area contributed by atoms with Gasteiger partial charge in [-0.15, -0.1) is 11.3 Å². The Bertz CT molecular complexity index is 263. The zero-order valence-electron chi connectivity index (χ0n) is 6.95. The van der Waals surface area contributed by atoms with Gasteiger partial charge in [0, 0.05) is 4.88 Å². The highest BCUT2D eigenvalue weighted by molar-refractivity contribution is 7.10. The van der Waals surface area contributed by atoms with Crippen LogP contribution in [0.1, 0.15) is 23.8 Å². The first kappa shape index (κ1) is 8.02. The molecule has 1 aromatic rings.